The fourth-order valence-electron chi connectivity index (χ4n) is 2.43. The minimum Gasteiger partial charge on any atom is -0.423 e. The van der Waals surface area contributed by atoms with Crippen LogP contribution in [0.1, 0.15) is 0 Å². The number of benzene rings is 1. The number of halogens is 1. The minimum atomic E-state index is 0.436. The molecule has 0 unspecified atom stereocenters. The maximum atomic E-state index is 6.14. The third-order valence-corrected chi connectivity index (χ3v) is 3.65. The standard InChI is InChI=1S/C13H12ClN5O2/c14-8-5-9(12-16-7-20-18-12)11-10(6-8)17-13(21-11)19-3-1-15-2-4-19/h5-7,15H,1-4H2. The van der Waals surface area contributed by atoms with E-state index in [1.807, 2.05) is 0 Å². The predicted molar refractivity (Wildman–Crippen MR) is 77.4 cm³/mol. The highest BCUT2D eigenvalue weighted by Crippen LogP contribution is 2.33. The largest absolute Gasteiger partial charge is 0.423 e. The van der Waals surface area contributed by atoms with Crippen LogP contribution in [0.25, 0.3) is 22.5 Å². The summed E-state index contributed by atoms with van der Waals surface area (Å²) >= 11 is 6.14. The molecule has 2 aromatic heterocycles. The van der Waals surface area contributed by atoms with Gasteiger partial charge in [-0.05, 0) is 12.1 Å². The molecule has 1 aliphatic rings. The van der Waals surface area contributed by atoms with Crippen molar-refractivity contribution in [1.29, 1.82) is 0 Å². The van der Waals surface area contributed by atoms with E-state index in [1.54, 1.807) is 12.1 Å². The summed E-state index contributed by atoms with van der Waals surface area (Å²) in [7, 11) is 0. The highest BCUT2D eigenvalue weighted by molar-refractivity contribution is 6.31. The molecule has 1 fully saturated rings. The molecular formula is C13H12ClN5O2. The summed E-state index contributed by atoms with van der Waals surface area (Å²) in [5, 5.41) is 7.70. The molecule has 7 nitrogen and oxygen atoms in total. The summed E-state index contributed by atoms with van der Waals surface area (Å²) in [4.78, 5) is 10.7. The van der Waals surface area contributed by atoms with Gasteiger partial charge in [0.2, 0.25) is 12.2 Å². The lowest BCUT2D eigenvalue weighted by atomic mass is 10.2. The number of hydrogen-bond acceptors (Lipinski definition) is 7. The van der Waals surface area contributed by atoms with E-state index in [0.29, 0.717) is 33.5 Å². The normalized spacial score (nSPS) is 15.8. The van der Waals surface area contributed by atoms with E-state index < -0.39 is 0 Å². The van der Waals surface area contributed by atoms with Crippen LogP contribution in [-0.4, -0.2) is 41.3 Å². The summed E-state index contributed by atoms with van der Waals surface area (Å²) in [6.45, 7) is 3.55. The van der Waals surface area contributed by atoms with Crippen molar-refractivity contribution in [3.8, 4) is 11.4 Å². The summed E-state index contributed by atoms with van der Waals surface area (Å²) in [5.41, 5.74) is 1.99. The zero-order valence-electron chi connectivity index (χ0n) is 11.0. The van der Waals surface area contributed by atoms with E-state index >= 15 is 0 Å². The van der Waals surface area contributed by atoms with Gasteiger partial charge in [-0.1, -0.05) is 16.8 Å². The van der Waals surface area contributed by atoms with Crippen molar-refractivity contribution in [2.45, 2.75) is 0 Å². The Morgan fingerprint density at radius 1 is 1.24 bits per heavy atom. The van der Waals surface area contributed by atoms with E-state index in [9.17, 15) is 0 Å². The van der Waals surface area contributed by atoms with Crippen molar-refractivity contribution in [2.75, 3.05) is 31.1 Å². The lowest BCUT2D eigenvalue weighted by molar-refractivity contribution is 0.418. The van der Waals surface area contributed by atoms with E-state index in [-0.39, 0.29) is 0 Å². The Kier molecular flexibility index (Phi) is 3.01. The average molecular weight is 306 g/mol. The Morgan fingerprint density at radius 2 is 2.10 bits per heavy atom. The molecule has 1 N–H and O–H groups in total. The van der Waals surface area contributed by atoms with Crippen LogP contribution in [0.15, 0.2) is 27.5 Å². The van der Waals surface area contributed by atoms with Crippen LogP contribution in [0.5, 0.6) is 0 Å². The molecule has 3 aromatic rings. The molecule has 0 bridgehead atoms. The van der Waals surface area contributed by atoms with Gasteiger partial charge in [-0.15, -0.1) is 0 Å². The van der Waals surface area contributed by atoms with Crippen LogP contribution in [0, 0.1) is 0 Å². The lowest BCUT2D eigenvalue weighted by Gasteiger charge is -2.25. The number of anilines is 1. The molecule has 0 spiro atoms. The first-order valence-corrected chi connectivity index (χ1v) is 7.01. The van der Waals surface area contributed by atoms with Crippen LogP contribution in [0.4, 0.5) is 6.01 Å². The Bertz CT molecular complexity index is 764. The number of hydrogen-bond donors (Lipinski definition) is 1. The summed E-state index contributed by atoms with van der Waals surface area (Å²) in [5.74, 6) is 0.436. The Hall–Kier alpha value is -2.12. The Morgan fingerprint density at radius 3 is 2.86 bits per heavy atom. The van der Waals surface area contributed by atoms with E-state index in [1.165, 1.54) is 6.39 Å². The zero-order valence-corrected chi connectivity index (χ0v) is 11.8. The monoisotopic (exact) mass is 305 g/mol. The van der Waals surface area contributed by atoms with Gasteiger partial charge in [-0.25, -0.2) is 0 Å². The van der Waals surface area contributed by atoms with Crippen LogP contribution in [-0.2, 0) is 0 Å². The molecule has 4 rings (SSSR count). The third-order valence-electron chi connectivity index (χ3n) is 3.43. The van der Waals surface area contributed by atoms with Crippen LogP contribution in [0.3, 0.4) is 0 Å². The molecular weight excluding hydrogens is 294 g/mol. The first-order chi connectivity index (χ1) is 10.3. The molecule has 1 aromatic carbocycles. The predicted octanol–water partition coefficient (Wildman–Crippen LogP) is 1.94. The molecule has 21 heavy (non-hydrogen) atoms. The van der Waals surface area contributed by atoms with E-state index in [0.717, 1.165) is 26.2 Å². The molecule has 1 aliphatic heterocycles. The van der Waals surface area contributed by atoms with E-state index in [4.69, 9.17) is 20.5 Å². The maximum absolute atomic E-state index is 6.14. The lowest BCUT2D eigenvalue weighted by Crippen LogP contribution is -2.43. The van der Waals surface area contributed by atoms with Crippen molar-refractivity contribution in [2.24, 2.45) is 0 Å². The first-order valence-electron chi connectivity index (χ1n) is 6.64. The van der Waals surface area contributed by atoms with Gasteiger partial charge in [-0.2, -0.15) is 9.97 Å². The molecule has 8 heteroatoms. The minimum absolute atomic E-state index is 0.436. The Labute approximate surface area is 124 Å². The van der Waals surface area contributed by atoms with Gasteiger partial charge >= 0.3 is 0 Å². The first kappa shape index (κ1) is 12.6. The van der Waals surface area contributed by atoms with Gasteiger partial charge in [0.25, 0.3) is 6.01 Å². The number of fused-ring (bicyclic) bond motifs is 1. The second-order valence-electron chi connectivity index (χ2n) is 4.79. The number of rotatable bonds is 2. The number of piperazine rings is 1. The SMILES string of the molecule is Clc1cc(-c2ncon2)c2oc(N3CCNCC3)nc2c1. The van der Waals surface area contributed by atoms with Crippen molar-refractivity contribution in [3.63, 3.8) is 0 Å². The van der Waals surface area contributed by atoms with Gasteiger partial charge in [0.05, 0.1) is 5.56 Å². The number of nitrogens with zero attached hydrogens (tertiary/aromatic N) is 4. The fourth-order valence-corrected chi connectivity index (χ4v) is 2.65. The summed E-state index contributed by atoms with van der Waals surface area (Å²) < 4.78 is 10.7. The average Bonchev–Trinajstić information content (AvgIpc) is 3.16. The molecule has 1 saturated heterocycles. The van der Waals surface area contributed by atoms with Gasteiger partial charge in [-0.3, -0.25) is 0 Å². The molecule has 3 heterocycles. The zero-order chi connectivity index (χ0) is 14.2. The summed E-state index contributed by atoms with van der Waals surface area (Å²) in [6.07, 6.45) is 1.27. The number of nitrogens with one attached hydrogen (secondary N) is 1. The van der Waals surface area contributed by atoms with Crippen molar-refractivity contribution in [1.82, 2.24) is 20.4 Å². The quantitative estimate of drug-likeness (QED) is 0.775. The second-order valence-corrected chi connectivity index (χ2v) is 5.23. The highest BCUT2D eigenvalue weighted by atomic mass is 35.5. The maximum Gasteiger partial charge on any atom is 0.298 e. The van der Waals surface area contributed by atoms with Gasteiger partial charge in [0, 0.05) is 31.2 Å². The number of aromatic nitrogens is 3. The van der Waals surface area contributed by atoms with Gasteiger partial charge < -0.3 is 19.2 Å². The van der Waals surface area contributed by atoms with Crippen LogP contribution < -0.4 is 10.2 Å². The van der Waals surface area contributed by atoms with E-state index in [2.05, 4.69) is 25.3 Å². The molecule has 0 aliphatic carbocycles. The molecule has 0 saturated carbocycles. The smallest absolute Gasteiger partial charge is 0.298 e. The fraction of sp³-hybridized carbons (Fsp3) is 0.308. The Balaban J connectivity index is 1.84. The highest BCUT2D eigenvalue weighted by Gasteiger charge is 2.20. The van der Waals surface area contributed by atoms with Crippen molar-refractivity contribution in [3.05, 3.63) is 23.5 Å². The van der Waals surface area contributed by atoms with Gasteiger partial charge in [0.15, 0.2) is 5.58 Å². The van der Waals surface area contributed by atoms with Crippen LogP contribution in [0.2, 0.25) is 5.02 Å². The molecule has 0 radical (unpaired) electrons. The topological polar surface area (TPSA) is 80.2 Å². The summed E-state index contributed by atoms with van der Waals surface area (Å²) in [6, 6.07) is 4.12. The number of oxazole rings is 1. The third kappa shape index (κ3) is 2.24. The van der Waals surface area contributed by atoms with Crippen molar-refractivity contribution < 1.29 is 8.94 Å². The van der Waals surface area contributed by atoms with Crippen molar-refractivity contribution >= 4 is 28.7 Å². The molecule has 0 atom stereocenters. The molecule has 108 valence electrons. The molecule has 0 amide bonds. The second kappa shape index (κ2) is 5.01. The van der Waals surface area contributed by atoms with Gasteiger partial charge in [0.1, 0.15) is 5.52 Å². The van der Waals surface area contributed by atoms with Crippen LogP contribution >= 0.6 is 11.6 Å².